The highest BCUT2D eigenvalue weighted by molar-refractivity contribution is 5.37. The van der Waals surface area contributed by atoms with Gasteiger partial charge in [0.25, 0.3) is 0 Å². The molecule has 6 rings (SSSR count). The highest BCUT2D eigenvalue weighted by Crippen LogP contribution is 2.79. The molecule has 6 aliphatic rings. The summed E-state index contributed by atoms with van der Waals surface area (Å²) in [5.74, 6) is -1.97. The summed E-state index contributed by atoms with van der Waals surface area (Å²) in [6, 6.07) is -0.243. The summed E-state index contributed by atoms with van der Waals surface area (Å²) in [4.78, 5) is 2.27. The standard InChI is InChI=1S/C24H39NO8/c1-5-25-8-22(9-31-2)12(26)7-13(27)23-11-6-10-16(28)14(11)24(30,21(29)17(10)32-3)15(20(23)25)18(33-4)19(22)23/h10-21,26-30H,5-9H2,1-4H3/t10-,11+,12+,13?,14+,15?,16-,17+,18?,19+,20?,21+,22-,23?,24+/m0/s1. The maximum absolute atomic E-state index is 12.5. The van der Waals surface area contributed by atoms with Crippen molar-refractivity contribution in [2.24, 2.45) is 40.4 Å². The van der Waals surface area contributed by atoms with Crippen molar-refractivity contribution in [1.82, 2.24) is 4.90 Å². The average Bonchev–Trinajstić information content (AvgIpc) is 3.20. The van der Waals surface area contributed by atoms with Gasteiger partial charge in [0.05, 0.1) is 37.1 Å². The van der Waals surface area contributed by atoms with Gasteiger partial charge >= 0.3 is 0 Å². The van der Waals surface area contributed by atoms with Gasteiger partial charge in [0, 0.05) is 74.8 Å². The number of ether oxygens (including phenoxy) is 3. The minimum atomic E-state index is -1.63. The summed E-state index contributed by atoms with van der Waals surface area (Å²) in [7, 11) is 4.77. The van der Waals surface area contributed by atoms with Crippen LogP contribution < -0.4 is 0 Å². The molecular weight excluding hydrogens is 430 g/mol. The van der Waals surface area contributed by atoms with Crippen LogP contribution in [0, 0.1) is 40.4 Å². The number of likely N-dealkylation sites (tertiary alicyclic amines) is 1. The zero-order chi connectivity index (χ0) is 23.7. The molecule has 9 nitrogen and oxygen atoms in total. The highest BCUT2D eigenvalue weighted by atomic mass is 16.5. The van der Waals surface area contributed by atoms with Crippen LogP contribution in [0.2, 0.25) is 0 Å². The monoisotopic (exact) mass is 469 g/mol. The van der Waals surface area contributed by atoms with Gasteiger partial charge in [-0.25, -0.2) is 0 Å². The molecule has 5 saturated carbocycles. The largest absolute Gasteiger partial charge is 0.392 e. The fourth-order valence-electron chi connectivity index (χ4n) is 10.7. The number of fused-ring (bicyclic) bond motifs is 2. The highest BCUT2D eigenvalue weighted by Gasteiger charge is 2.88. The first-order chi connectivity index (χ1) is 15.7. The molecule has 5 aliphatic carbocycles. The van der Waals surface area contributed by atoms with Gasteiger partial charge in [0.15, 0.2) is 0 Å². The van der Waals surface area contributed by atoms with Crippen LogP contribution >= 0.6 is 0 Å². The van der Waals surface area contributed by atoms with Crippen LogP contribution in [0.25, 0.3) is 0 Å². The quantitative estimate of drug-likeness (QED) is 0.324. The summed E-state index contributed by atoms with van der Waals surface area (Å²) in [6.07, 6.45) is -4.04. The molecule has 9 heteroatoms. The lowest BCUT2D eigenvalue weighted by molar-refractivity contribution is -0.308. The molecule has 1 heterocycles. The third-order valence-corrected chi connectivity index (χ3v) is 11.3. The lowest BCUT2D eigenvalue weighted by atomic mass is 9.42. The summed E-state index contributed by atoms with van der Waals surface area (Å²) in [6.45, 7) is 3.61. The third-order valence-electron chi connectivity index (χ3n) is 11.3. The Morgan fingerprint density at radius 2 is 1.64 bits per heavy atom. The lowest BCUT2D eigenvalue weighted by Gasteiger charge is -2.69. The molecule has 0 aromatic rings. The first-order valence-corrected chi connectivity index (χ1v) is 12.4. The molecule has 1 spiro atoms. The van der Waals surface area contributed by atoms with E-state index in [1.165, 1.54) is 7.11 Å². The predicted octanol–water partition coefficient (Wildman–Crippen LogP) is -1.56. The van der Waals surface area contributed by atoms with Crippen LogP contribution in [-0.2, 0) is 14.2 Å². The SMILES string of the molecule is CCN1C[C@]2(COC)[C@H](O)CC(O)C34C1C(C(OC)[C@@H]32)[C@]1(O)[C@H]2[C@@H](O)[C@H](C[C@H]24)[C@@H](OC)[C@H]1O. The summed E-state index contributed by atoms with van der Waals surface area (Å²) in [5.41, 5.74) is -3.00. The van der Waals surface area contributed by atoms with E-state index in [2.05, 4.69) is 11.8 Å². The molecule has 0 aromatic heterocycles. The van der Waals surface area contributed by atoms with Crippen molar-refractivity contribution in [3.8, 4) is 0 Å². The molecule has 5 N–H and O–H groups in total. The molecule has 0 radical (unpaired) electrons. The first kappa shape index (κ1) is 23.1. The van der Waals surface area contributed by atoms with Crippen LogP contribution in [0.15, 0.2) is 0 Å². The van der Waals surface area contributed by atoms with Gasteiger partial charge in [-0.15, -0.1) is 0 Å². The van der Waals surface area contributed by atoms with E-state index in [1.54, 1.807) is 14.2 Å². The third kappa shape index (κ3) is 2.19. The Morgan fingerprint density at radius 3 is 2.24 bits per heavy atom. The van der Waals surface area contributed by atoms with Crippen molar-refractivity contribution in [3.63, 3.8) is 0 Å². The second kappa shape index (κ2) is 7.11. The lowest BCUT2D eigenvalue weighted by Crippen LogP contribution is -2.80. The molecule has 15 atom stereocenters. The Kier molecular flexibility index (Phi) is 4.97. The van der Waals surface area contributed by atoms with Crippen molar-refractivity contribution >= 4 is 0 Å². The van der Waals surface area contributed by atoms with E-state index >= 15 is 0 Å². The maximum atomic E-state index is 12.5. The van der Waals surface area contributed by atoms with Crippen LogP contribution in [0.3, 0.4) is 0 Å². The Hall–Kier alpha value is -0.360. The first-order valence-electron chi connectivity index (χ1n) is 12.4. The summed E-state index contributed by atoms with van der Waals surface area (Å²) in [5, 5.41) is 58.8. The van der Waals surface area contributed by atoms with Gasteiger partial charge in [0.2, 0.25) is 0 Å². The molecule has 7 bridgehead atoms. The number of methoxy groups -OCH3 is 3. The van der Waals surface area contributed by atoms with E-state index in [1.807, 2.05) is 0 Å². The van der Waals surface area contributed by atoms with Crippen molar-refractivity contribution in [3.05, 3.63) is 0 Å². The van der Waals surface area contributed by atoms with Crippen LogP contribution in [-0.4, -0.2) is 120 Å². The molecule has 188 valence electrons. The Morgan fingerprint density at radius 1 is 0.939 bits per heavy atom. The van der Waals surface area contributed by atoms with Crippen molar-refractivity contribution in [2.75, 3.05) is 41.0 Å². The molecule has 33 heavy (non-hydrogen) atoms. The smallest absolute Gasteiger partial charge is 0.110 e. The van der Waals surface area contributed by atoms with E-state index in [4.69, 9.17) is 14.2 Å². The fourth-order valence-corrected chi connectivity index (χ4v) is 10.7. The molecular formula is C24H39NO8. The van der Waals surface area contributed by atoms with E-state index in [-0.39, 0.29) is 30.2 Å². The van der Waals surface area contributed by atoms with E-state index in [9.17, 15) is 25.5 Å². The van der Waals surface area contributed by atoms with Gasteiger partial charge in [-0.1, -0.05) is 6.92 Å². The normalized spacial score (nSPS) is 63.2. The van der Waals surface area contributed by atoms with Crippen LogP contribution in [0.5, 0.6) is 0 Å². The fraction of sp³-hybridized carbons (Fsp3) is 1.00. The minimum Gasteiger partial charge on any atom is -0.392 e. The molecule has 1 saturated heterocycles. The molecule has 5 unspecified atom stereocenters. The van der Waals surface area contributed by atoms with E-state index in [0.717, 1.165) is 0 Å². The number of nitrogens with zero attached hydrogens (tertiary/aromatic N) is 1. The van der Waals surface area contributed by atoms with E-state index in [0.29, 0.717) is 26.1 Å². The number of aliphatic hydroxyl groups is 5. The number of aliphatic hydroxyl groups excluding tert-OH is 4. The predicted molar refractivity (Wildman–Crippen MR) is 115 cm³/mol. The van der Waals surface area contributed by atoms with Crippen molar-refractivity contribution < 1.29 is 39.7 Å². The number of hydrogen-bond donors (Lipinski definition) is 5. The van der Waals surface area contributed by atoms with Gasteiger partial charge in [-0.05, 0) is 18.9 Å². The summed E-state index contributed by atoms with van der Waals surface area (Å²) >= 11 is 0. The minimum absolute atomic E-state index is 0.232. The van der Waals surface area contributed by atoms with Crippen molar-refractivity contribution in [2.45, 2.75) is 68.0 Å². The van der Waals surface area contributed by atoms with Gasteiger partial charge in [0.1, 0.15) is 11.7 Å². The molecule has 1 aliphatic heterocycles. The second-order valence-electron chi connectivity index (χ2n) is 11.7. The van der Waals surface area contributed by atoms with Crippen molar-refractivity contribution in [1.29, 1.82) is 0 Å². The Bertz CT molecular complexity index is 815. The second-order valence-corrected chi connectivity index (χ2v) is 11.7. The average molecular weight is 470 g/mol. The van der Waals surface area contributed by atoms with Crippen LogP contribution in [0.1, 0.15) is 19.8 Å². The van der Waals surface area contributed by atoms with Gasteiger partial charge in [-0.3, -0.25) is 4.90 Å². The Balaban J connectivity index is 1.66. The molecule has 0 amide bonds. The van der Waals surface area contributed by atoms with Crippen LogP contribution in [0.4, 0.5) is 0 Å². The zero-order valence-electron chi connectivity index (χ0n) is 19.9. The number of hydrogen-bond acceptors (Lipinski definition) is 9. The Labute approximate surface area is 194 Å². The topological polar surface area (TPSA) is 132 Å². The zero-order valence-corrected chi connectivity index (χ0v) is 19.9. The number of piperidine rings is 1. The van der Waals surface area contributed by atoms with E-state index < -0.39 is 64.9 Å². The molecule has 0 aromatic carbocycles. The summed E-state index contributed by atoms with van der Waals surface area (Å²) < 4.78 is 17.6. The van der Waals surface area contributed by atoms with Gasteiger partial charge < -0.3 is 39.7 Å². The van der Waals surface area contributed by atoms with Gasteiger partial charge in [-0.2, -0.15) is 0 Å². The number of rotatable bonds is 5. The maximum Gasteiger partial charge on any atom is 0.110 e. The molecule has 6 fully saturated rings.